The summed E-state index contributed by atoms with van der Waals surface area (Å²) in [6.45, 7) is 1.64. The second-order valence-corrected chi connectivity index (χ2v) is 4.16. The molecule has 5 nitrogen and oxygen atoms in total. The van der Waals surface area contributed by atoms with Crippen LogP contribution in [-0.4, -0.2) is 20.9 Å². The minimum atomic E-state index is -1.09. The standard InChI is InChI=1S/C14H14N2O3/c1-2-10-3-5-11(6-4-10)12-7-8-13(17)16(15-12)9-14(18)19/h3-8H,2,9H2,1H3,(H,18,19). The van der Waals surface area contributed by atoms with E-state index in [4.69, 9.17) is 5.11 Å². The van der Waals surface area contributed by atoms with Gasteiger partial charge in [0.1, 0.15) is 6.54 Å². The highest BCUT2D eigenvalue weighted by Crippen LogP contribution is 2.16. The fourth-order valence-electron chi connectivity index (χ4n) is 1.76. The highest BCUT2D eigenvalue weighted by Gasteiger charge is 2.06. The Labute approximate surface area is 110 Å². The van der Waals surface area contributed by atoms with Crippen LogP contribution >= 0.6 is 0 Å². The summed E-state index contributed by atoms with van der Waals surface area (Å²) in [7, 11) is 0. The van der Waals surface area contributed by atoms with E-state index in [9.17, 15) is 9.59 Å². The lowest BCUT2D eigenvalue weighted by Crippen LogP contribution is -2.26. The van der Waals surface area contributed by atoms with Crippen molar-refractivity contribution < 1.29 is 9.90 Å². The van der Waals surface area contributed by atoms with E-state index in [0.29, 0.717) is 5.69 Å². The third-order valence-corrected chi connectivity index (χ3v) is 2.81. The molecule has 1 heterocycles. The van der Waals surface area contributed by atoms with Crippen LogP contribution in [0.2, 0.25) is 0 Å². The second-order valence-electron chi connectivity index (χ2n) is 4.16. The van der Waals surface area contributed by atoms with Crippen LogP contribution in [0.4, 0.5) is 0 Å². The number of aryl methyl sites for hydroxylation is 1. The average Bonchev–Trinajstić information content (AvgIpc) is 2.41. The molecule has 0 aliphatic heterocycles. The van der Waals surface area contributed by atoms with Gasteiger partial charge in [0.2, 0.25) is 0 Å². The lowest BCUT2D eigenvalue weighted by molar-refractivity contribution is -0.138. The van der Waals surface area contributed by atoms with Gasteiger partial charge in [-0.3, -0.25) is 9.59 Å². The smallest absolute Gasteiger partial charge is 0.325 e. The third kappa shape index (κ3) is 3.07. The molecule has 0 radical (unpaired) electrons. The summed E-state index contributed by atoms with van der Waals surface area (Å²) in [4.78, 5) is 22.1. The van der Waals surface area contributed by atoms with Crippen molar-refractivity contribution >= 4 is 5.97 Å². The topological polar surface area (TPSA) is 72.2 Å². The van der Waals surface area contributed by atoms with Gasteiger partial charge in [-0.2, -0.15) is 5.10 Å². The second kappa shape index (κ2) is 5.48. The number of carbonyl (C=O) groups is 1. The number of carboxylic acid groups (broad SMARTS) is 1. The van der Waals surface area contributed by atoms with E-state index in [1.165, 1.54) is 11.6 Å². The largest absolute Gasteiger partial charge is 0.480 e. The van der Waals surface area contributed by atoms with E-state index in [1.54, 1.807) is 6.07 Å². The fraction of sp³-hybridized carbons (Fsp3) is 0.214. The Morgan fingerprint density at radius 2 is 1.89 bits per heavy atom. The molecule has 1 aromatic carbocycles. The van der Waals surface area contributed by atoms with E-state index < -0.39 is 18.1 Å². The van der Waals surface area contributed by atoms with E-state index in [-0.39, 0.29) is 0 Å². The third-order valence-electron chi connectivity index (χ3n) is 2.81. The Hall–Kier alpha value is -2.43. The number of hydrogen-bond acceptors (Lipinski definition) is 3. The van der Waals surface area contributed by atoms with Crippen molar-refractivity contribution in [2.45, 2.75) is 19.9 Å². The lowest BCUT2D eigenvalue weighted by Gasteiger charge is -2.05. The molecule has 98 valence electrons. The highest BCUT2D eigenvalue weighted by molar-refractivity contribution is 5.66. The summed E-state index contributed by atoms with van der Waals surface area (Å²) >= 11 is 0. The van der Waals surface area contributed by atoms with E-state index in [1.807, 2.05) is 24.3 Å². The Balaban J connectivity index is 2.39. The first-order valence-electron chi connectivity index (χ1n) is 5.99. The number of rotatable bonds is 4. The molecule has 0 unspecified atom stereocenters. The molecule has 0 bridgehead atoms. The molecule has 0 amide bonds. The zero-order valence-corrected chi connectivity index (χ0v) is 10.5. The molecule has 2 aromatic rings. The highest BCUT2D eigenvalue weighted by atomic mass is 16.4. The first-order valence-corrected chi connectivity index (χ1v) is 5.99. The molecule has 2 rings (SSSR count). The van der Waals surface area contributed by atoms with Gasteiger partial charge in [-0.25, -0.2) is 4.68 Å². The predicted molar refractivity (Wildman–Crippen MR) is 70.9 cm³/mol. The van der Waals surface area contributed by atoms with Gasteiger partial charge in [0, 0.05) is 11.6 Å². The summed E-state index contributed by atoms with van der Waals surface area (Å²) in [6.07, 6.45) is 0.951. The number of nitrogens with zero attached hydrogens (tertiary/aromatic N) is 2. The number of carboxylic acids is 1. The number of hydrogen-bond donors (Lipinski definition) is 1. The number of benzene rings is 1. The van der Waals surface area contributed by atoms with Crippen molar-refractivity contribution in [1.82, 2.24) is 9.78 Å². The van der Waals surface area contributed by atoms with Crippen LogP contribution in [0, 0.1) is 0 Å². The van der Waals surface area contributed by atoms with Crippen LogP contribution in [0.25, 0.3) is 11.3 Å². The minimum Gasteiger partial charge on any atom is -0.480 e. The summed E-state index contributed by atoms with van der Waals surface area (Å²) in [6, 6.07) is 10.7. The van der Waals surface area contributed by atoms with Gasteiger partial charge in [-0.15, -0.1) is 0 Å². The summed E-state index contributed by atoms with van der Waals surface area (Å²) in [5.74, 6) is -1.09. The maximum atomic E-state index is 11.5. The molecule has 1 N–H and O–H groups in total. The first-order chi connectivity index (χ1) is 9.10. The molecular weight excluding hydrogens is 244 g/mol. The molecule has 0 saturated heterocycles. The minimum absolute atomic E-state index is 0.420. The Morgan fingerprint density at radius 3 is 2.47 bits per heavy atom. The summed E-state index contributed by atoms with van der Waals surface area (Å²) < 4.78 is 0.950. The normalized spacial score (nSPS) is 10.4. The fourth-order valence-corrected chi connectivity index (χ4v) is 1.76. The van der Waals surface area contributed by atoms with Crippen LogP contribution < -0.4 is 5.56 Å². The van der Waals surface area contributed by atoms with Gasteiger partial charge >= 0.3 is 5.97 Å². The van der Waals surface area contributed by atoms with Crippen LogP contribution in [0.1, 0.15) is 12.5 Å². The first kappa shape index (κ1) is 13.0. The molecular formula is C14H14N2O3. The molecule has 19 heavy (non-hydrogen) atoms. The molecule has 0 spiro atoms. The number of aliphatic carboxylic acids is 1. The van der Waals surface area contributed by atoms with Gasteiger partial charge in [-0.1, -0.05) is 31.2 Å². The van der Waals surface area contributed by atoms with E-state index in [0.717, 1.165) is 16.7 Å². The van der Waals surface area contributed by atoms with Crippen LogP contribution in [0.15, 0.2) is 41.2 Å². The zero-order chi connectivity index (χ0) is 13.8. The van der Waals surface area contributed by atoms with Gasteiger partial charge in [0.05, 0.1) is 5.69 Å². The van der Waals surface area contributed by atoms with Crippen molar-refractivity contribution in [2.75, 3.05) is 0 Å². The quantitative estimate of drug-likeness (QED) is 0.903. The molecule has 5 heteroatoms. The molecule has 0 aliphatic carbocycles. The molecule has 0 aliphatic rings. The molecule has 0 fully saturated rings. The van der Waals surface area contributed by atoms with Crippen LogP contribution in [-0.2, 0) is 17.8 Å². The van der Waals surface area contributed by atoms with Gasteiger partial charge in [0.15, 0.2) is 0 Å². The Morgan fingerprint density at radius 1 is 1.21 bits per heavy atom. The Kier molecular flexibility index (Phi) is 3.75. The van der Waals surface area contributed by atoms with Gasteiger partial charge in [-0.05, 0) is 18.1 Å². The van der Waals surface area contributed by atoms with Crippen molar-refractivity contribution in [3.63, 3.8) is 0 Å². The van der Waals surface area contributed by atoms with Gasteiger partial charge in [0.25, 0.3) is 5.56 Å². The SMILES string of the molecule is CCc1ccc(-c2ccc(=O)n(CC(=O)O)n2)cc1. The molecule has 0 saturated carbocycles. The molecule has 0 atom stereocenters. The maximum Gasteiger partial charge on any atom is 0.325 e. The van der Waals surface area contributed by atoms with E-state index in [2.05, 4.69) is 12.0 Å². The van der Waals surface area contributed by atoms with Crippen LogP contribution in [0.3, 0.4) is 0 Å². The van der Waals surface area contributed by atoms with Crippen molar-refractivity contribution in [1.29, 1.82) is 0 Å². The maximum absolute atomic E-state index is 11.5. The predicted octanol–water partition coefficient (Wildman–Crippen LogP) is 1.56. The molecule has 1 aromatic heterocycles. The van der Waals surface area contributed by atoms with Gasteiger partial charge < -0.3 is 5.11 Å². The zero-order valence-electron chi connectivity index (χ0n) is 10.5. The Bertz CT molecular complexity index is 644. The van der Waals surface area contributed by atoms with Crippen LogP contribution in [0.5, 0.6) is 0 Å². The number of aromatic nitrogens is 2. The van der Waals surface area contributed by atoms with Crippen molar-refractivity contribution in [3.8, 4) is 11.3 Å². The average molecular weight is 258 g/mol. The monoisotopic (exact) mass is 258 g/mol. The van der Waals surface area contributed by atoms with Crippen molar-refractivity contribution in [3.05, 3.63) is 52.3 Å². The lowest BCUT2D eigenvalue weighted by atomic mass is 10.1. The van der Waals surface area contributed by atoms with Crippen molar-refractivity contribution in [2.24, 2.45) is 0 Å². The van der Waals surface area contributed by atoms with E-state index >= 15 is 0 Å². The summed E-state index contributed by atoms with van der Waals surface area (Å²) in [5.41, 5.74) is 2.23. The summed E-state index contributed by atoms with van der Waals surface area (Å²) in [5, 5.41) is 12.8.